The molecule has 90 valence electrons. The summed E-state index contributed by atoms with van der Waals surface area (Å²) in [6.45, 7) is 4.21. The van der Waals surface area contributed by atoms with Crippen molar-refractivity contribution in [2.45, 2.75) is 27.1 Å². The Morgan fingerprint density at radius 2 is 1.71 bits per heavy atom. The molecule has 0 atom stereocenters. The van der Waals surface area contributed by atoms with Gasteiger partial charge in [-0.15, -0.1) is 11.3 Å². The second kappa shape index (κ2) is 5.00. The maximum Gasteiger partial charge on any atom is 0.0692 e. The van der Waals surface area contributed by atoms with E-state index in [1.54, 1.807) is 11.3 Å². The number of benzene rings is 1. The number of hydrogen-bond acceptors (Lipinski definition) is 3. The van der Waals surface area contributed by atoms with E-state index in [0.29, 0.717) is 0 Å². The summed E-state index contributed by atoms with van der Waals surface area (Å²) in [7, 11) is 0. The second-order valence-corrected chi connectivity index (χ2v) is 5.00. The van der Waals surface area contributed by atoms with Crippen molar-refractivity contribution in [3.05, 3.63) is 45.8 Å². The number of aliphatic hydroxyl groups excluding tert-OH is 2. The van der Waals surface area contributed by atoms with E-state index in [2.05, 4.69) is 6.07 Å². The number of aliphatic hydroxyl groups is 2. The lowest BCUT2D eigenvalue weighted by atomic mass is 9.99. The van der Waals surface area contributed by atoms with E-state index in [4.69, 9.17) is 0 Å². The lowest BCUT2D eigenvalue weighted by Gasteiger charge is -2.09. The smallest absolute Gasteiger partial charge is 0.0692 e. The van der Waals surface area contributed by atoms with E-state index in [1.807, 2.05) is 31.4 Å². The number of hydrogen-bond donors (Lipinski definition) is 2. The molecule has 2 nitrogen and oxygen atoms in total. The summed E-state index contributed by atoms with van der Waals surface area (Å²) in [5.74, 6) is 0. The molecule has 0 spiro atoms. The van der Waals surface area contributed by atoms with Crippen LogP contribution in [0.3, 0.4) is 0 Å². The standard InChI is InChI=1S/C14H16O2S/c1-9-11(6-15)4-3-5-13(9)14-10(2)12(7-16)8-17-14/h3-5,8,15-16H,6-7H2,1-2H3. The zero-order valence-corrected chi connectivity index (χ0v) is 10.8. The molecule has 0 radical (unpaired) electrons. The molecular weight excluding hydrogens is 232 g/mol. The molecule has 17 heavy (non-hydrogen) atoms. The molecule has 1 heterocycles. The van der Waals surface area contributed by atoms with Crippen molar-refractivity contribution >= 4 is 11.3 Å². The van der Waals surface area contributed by atoms with Gasteiger partial charge in [-0.1, -0.05) is 18.2 Å². The highest BCUT2D eigenvalue weighted by Gasteiger charge is 2.12. The van der Waals surface area contributed by atoms with Crippen LogP contribution in [0, 0.1) is 13.8 Å². The van der Waals surface area contributed by atoms with Crippen molar-refractivity contribution in [2.24, 2.45) is 0 Å². The zero-order valence-electron chi connectivity index (χ0n) is 10.0. The molecule has 3 heteroatoms. The van der Waals surface area contributed by atoms with Gasteiger partial charge in [0.05, 0.1) is 13.2 Å². The summed E-state index contributed by atoms with van der Waals surface area (Å²) in [4.78, 5) is 1.18. The van der Waals surface area contributed by atoms with Crippen molar-refractivity contribution in [2.75, 3.05) is 0 Å². The van der Waals surface area contributed by atoms with Crippen LogP contribution < -0.4 is 0 Å². The van der Waals surface area contributed by atoms with Gasteiger partial charge in [0.15, 0.2) is 0 Å². The molecule has 2 rings (SSSR count). The van der Waals surface area contributed by atoms with Crippen LogP contribution in [0.5, 0.6) is 0 Å². The van der Waals surface area contributed by atoms with Crippen LogP contribution in [-0.2, 0) is 13.2 Å². The van der Waals surface area contributed by atoms with Crippen molar-refractivity contribution in [1.82, 2.24) is 0 Å². The normalized spacial score (nSPS) is 10.8. The van der Waals surface area contributed by atoms with Crippen LogP contribution >= 0.6 is 11.3 Å². The average molecular weight is 248 g/mol. The van der Waals surface area contributed by atoms with E-state index in [9.17, 15) is 10.2 Å². The van der Waals surface area contributed by atoms with Crippen LogP contribution in [0.15, 0.2) is 23.6 Å². The Hall–Kier alpha value is -1.16. The Bertz CT molecular complexity index is 529. The Kier molecular flexibility index (Phi) is 3.62. The van der Waals surface area contributed by atoms with Crippen LogP contribution in [0.2, 0.25) is 0 Å². The maximum absolute atomic E-state index is 9.27. The predicted octanol–water partition coefficient (Wildman–Crippen LogP) is 3.02. The first kappa shape index (κ1) is 12.3. The third-order valence-corrected chi connectivity index (χ3v) is 4.34. The molecule has 2 N–H and O–H groups in total. The summed E-state index contributed by atoms with van der Waals surface area (Å²) in [5, 5.41) is 20.5. The van der Waals surface area contributed by atoms with Gasteiger partial charge in [-0.3, -0.25) is 0 Å². The van der Waals surface area contributed by atoms with Crippen molar-refractivity contribution in [3.8, 4) is 10.4 Å². The fourth-order valence-corrected chi connectivity index (χ4v) is 3.14. The van der Waals surface area contributed by atoms with E-state index in [1.165, 1.54) is 4.88 Å². The molecule has 2 aromatic rings. The fourth-order valence-electron chi connectivity index (χ4n) is 1.97. The first-order valence-electron chi connectivity index (χ1n) is 5.56. The van der Waals surface area contributed by atoms with E-state index in [0.717, 1.165) is 27.8 Å². The highest BCUT2D eigenvalue weighted by atomic mass is 32.1. The van der Waals surface area contributed by atoms with Gasteiger partial charge in [0.25, 0.3) is 0 Å². The molecule has 0 unspecified atom stereocenters. The molecule has 1 aromatic heterocycles. The molecule has 1 aromatic carbocycles. The molecule has 0 fully saturated rings. The molecule has 0 saturated heterocycles. The summed E-state index contributed by atoms with van der Waals surface area (Å²) < 4.78 is 0. The van der Waals surface area contributed by atoms with Crippen LogP contribution in [0.4, 0.5) is 0 Å². The average Bonchev–Trinajstić information content (AvgIpc) is 2.71. The van der Waals surface area contributed by atoms with Gasteiger partial charge < -0.3 is 10.2 Å². The van der Waals surface area contributed by atoms with Gasteiger partial charge in [-0.2, -0.15) is 0 Å². The summed E-state index contributed by atoms with van der Waals surface area (Å²) in [6, 6.07) is 5.97. The number of thiophene rings is 1. The first-order chi connectivity index (χ1) is 8.19. The third-order valence-electron chi connectivity index (χ3n) is 3.17. The van der Waals surface area contributed by atoms with Gasteiger partial charge in [0, 0.05) is 4.88 Å². The molecule has 0 aliphatic rings. The van der Waals surface area contributed by atoms with E-state index >= 15 is 0 Å². The maximum atomic E-state index is 9.27. The predicted molar refractivity (Wildman–Crippen MR) is 71.1 cm³/mol. The van der Waals surface area contributed by atoms with Crippen molar-refractivity contribution < 1.29 is 10.2 Å². The first-order valence-corrected chi connectivity index (χ1v) is 6.44. The van der Waals surface area contributed by atoms with Crippen molar-refractivity contribution in [3.63, 3.8) is 0 Å². The van der Waals surface area contributed by atoms with Crippen molar-refractivity contribution in [1.29, 1.82) is 0 Å². The Balaban J connectivity index is 2.56. The molecule has 0 aliphatic heterocycles. The van der Waals surface area contributed by atoms with E-state index < -0.39 is 0 Å². The van der Waals surface area contributed by atoms with Gasteiger partial charge >= 0.3 is 0 Å². The lowest BCUT2D eigenvalue weighted by molar-refractivity contribution is 0.281. The Morgan fingerprint density at radius 1 is 1.00 bits per heavy atom. The Labute approximate surface area is 105 Å². The fraction of sp³-hybridized carbons (Fsp3) is 0.286. The summed E-state index contributed by atoms with van der Waals surface area (Å²) in [6.07, 6.45) is 0. The monoisotopic (exact) mass is 248 g/mol. The SMILES string of the molecule is Cc1c(CO)cccc1-c1scc(CO)c1C. The topological polar surface area (TPSA) is 40.5 Å². The van der Waals surface area contributed by atoms with Crippen LogP contribution in [-0.4, -0.2) is 10.2 Å². The molecule has 0 bridgehead atoms. The minimum Gasteiger partial charge on any atom is -0.392 e. The third kappa shape index (κ3) is 2.14. The summed E-state index contributed by atoms with van der Waals surface area (Å²) >= 11 is 1.65. The van der Waals surface area contributed by atoms with Gasteiger partial charge in [-0.05, 0) is 47.0 Å². The largest absolute Gasteiger partial charge is 0.392 e. The van der Waals surface area contributed by atoms with Gasteiger partial charge in [0.1, 0.15) is 0 Å². The molecule has 0 aliphatic carbocycles. The molecule has 0 amide bonds. The lowest BCUT2D eigenvalue weighted by Crippen LogP contribution is -1.92. The number of rotatable bonds is 3. The minimum absolute atomic E-state index is 0.0664. The summed E-state index contributed by atoms with van der Waals surface area (Å²) in [5.41, 5.74) is 5.35. The van der Waals surface area contributed by atoms with Gasteiger partial charge in [0.2, 0.25) is 0 Å². The quantitative estimate of drug-likeness (QED) is 0.876. The Morgan fingerprint density at radius 3 is 2.29 bits per heavy atom. The zero-order chi connectivity index (χ0) is 12.4. The van der Waals surface area contributed by atoms with Crippen LogP contribution in [0.25, 0.3) is 10.4 Å². The minimum atomic E-state index is 0.0664. The second-order valence-electron chi connectivity index (χ2n) is 4.12. The highest BCUT2D eigenvalue weighted by molar-refractivity contribution is 7.14. The molecule has 0 saturated carbocycles. The highest BCUT2D eigenvalue weighted by Crippen LogP contribution is 2.35. The van der Waals surface area contributed by atoms with Crippen LogP contribution in [0.1, 0.15) is 22.3 Å². The molecular formula is C14H16O2S. The van der Waals surface area contributed by atoms with E-state index in [-0.39, 0.29) is 13.2 Å². The van der Waals surface area contributed by atoms with Gasteiger partial charge in [-0.25, -0.2) is 0 Å².